The van der Waals surface area contributed by atoms with Gasteiger partial charge >= 0.3 is 0 Å². The molecule has 10 heteroatoms. The number of hydrogen-bond donors (Lipinski definition) is 1. The Kier molecular flexibility index (Phi) is 3.06. The van der Waals surface area contributed by atoms with Gasteiger partial charge in [0, 0.05) is 6.54 Å². The third kappa shape index (κ3) is 2.32. The maximum Gasteiger partial charge on any atom is 0.292 e. The van der Waals surface area contributed by atoms with Gasteiger partial charge in [-0.05, 0) is 5.21 Å². The van der Waals surface area contributed by atoms with E-state index in [1.54, 1.807) is 7.05 Å². The SMILES string of the molecule is Cn1nnc(C2CN(C(=O)c3cc(=O)[nH]o3)CCO2)n1. The molecule has 1 aliphatic rings. The summed E-state index contributed by atoms with van der Waals surface area (Å²) in [5.74, 6) is 0.0174. The largest absolute Gasteiger partial charge is 0.373 e. The van der Waals surface area contributed by atoms with Crippen LogP contribution in [0.3, 0.4) is 0 Å². The molecule has 10 nitrogen and oxygen atoms in total. The molecule has 1 saturated heterocycles. The minimum Gasteiger partial charge on any atom is -0.373 e. The molecule has 106 valence electrons. The van der Waals surface area contributed by atoms with Crippen molar-refractivity contribution < 1.29 is 14.1 Å². The first-order chi connectivity index (χ1) is 9.63. The molecule has 0 aliphatic carbocycles. The van der Waals surface area contributed by atoms with Crippen molar-refractivity contribution >= 4 is 5.91 Å². The third-order valence-electron chi connectivity index (χ3n) is 2.90. The van der Waals surface area contributed by atoms with Gasteiger partial charge in [-0.15, -0.1) is 10.2 Å². The molecule has 1 unspecified atom stereocenters. The number of H-pyrrole nitrogens is 1. The van der Waals surface area contributed by atoms with Crippen molar-refractivity contribution in [3.05, 3.63) is 28.0 Å². The zero-order valence-corrected chi connectivity index (χ0v) is 10.6. The van der Waals surface area contributed by atoms with Gasteiger partial charge in [0.25, 0.3) is 11.5 Å². The lowest BCUT2D eigenvalue weighted by molar-refractivity contribution is -0.0280. The van der Waals surface area contributed by atoms with Crippen LogP contribution < -0.4 is 5.56 Å². The van der Waals surface area contributed by atoms with Crippen LogP contribution >= 0.6 is 0 Å². The van der Waals surface area contributed by atoms with Crippen LogP contribution in [0.4, 0.5) is 0 Å². The average molecular weight is 280 g/mol. The van der Waals surface area contributed by atoms with Crippen LogP contribution in [0.1, 0.15) is 22.5 Å². The summed E-state index contributed by atoms with van der Waals surface area (Å²) in [4.78, 5) is 26.0. The van der Waals surface area contributed by atoms with E-state index in [1.165, 1.54) is 9.70 Å². The Labute approximate surface area is 112 Å². The maximum absolute atomic E-state index is 12.2. The van der Waals surface area contributed by atoms with Crippen molar-refractivity contribution in [1.29, 1.82) is 0 Å². The van der Waals surface area contributed by atoms with Crippen molar-refractivity contribution in [2.75, 3.05) is 19.7 Å². The normalized spacial score (nSPS) is 19.2. The maximum atomic E-state index is 12.2. The van der Waals surface area contributed by atoms with E-state index in [9.17, 15) is 9.59 Å². The Morgan fingerprint density at radius 2 is 2.40 bits per heavy atom. The second kappa shape index (κ2) is 4.89. The second-order valence-electron chi connectivity index (χ2n) is 4.32. The number of amides is 1. The molecular weight excluding hydrogens is 268 g/mol. The molecule has 1 amide bonds. The number of carbonyl (C=O) groups excluding carboxylic acids is 1. The molecule has 20 heavy (non-hydrogen) atoms. The van der Waals surface area contributed by atoms with Gasteiger partial charge in [0.15, 0.2) is 0 Å². The second-order valence-corrected chi connectivity index (χ2v) is 4.32. The van der Waals surface area contributed by atoms with Gasteiger partial charge in [0.2, 0.25) is 11.6 Å². The highest BCUT2D eigenvalue weighted by atomic mass is 16.5. The molecule has 2 aromatic rings. The van der Waals surface area contributed by atoms with Gasteiger partial charge in [-0.1, -0.05) is 0 Å². The predicted octanol–water partition coefficient (Wildman–Crippen LogP) is -1.29. The number of nitrogens with zero attached hydrogens (tertiary/aromatic N) is 5. The van der Waals surface area contributed by atoms with Crippen molar-refractivity contribution in [1.82, 2.24) is 30.3 Å². The Morgan fingerprint density at radius 1 is 1.55 bits per heavy atom. The van der Waals surface area contributed by atoms with E-state index < -0.39 is 11.7 Å². The van der Waals surface area contributed by atoms with Gasteiger partial charge in [0.05, 0.1) is 26.3 Å². The fourth-order valence-electron chi connectivity index (χ4n) is 1.96. The molecule has 1 fully saturated rings. The number of nitrogens with one attached hydrogen (secondary N) is 1. The van der Waals surface area contributed by atoms with Crippen molar-refractivity contribution in [2.45, 2.75) is 6.10 Å². The predicted molar refractivity (Wildman–Crippen MR) is 62.7 cm³/mol. The minimum atomic E-state index is -0.450. The summed E-state index contributed by atoms with van der Waals surface area (Å²) in [6.07, 6.45) is -0.438. The van der Waals surface area contributed by atoms with Crippen LogP contribution in [-0.2, 0) is 11.8 Å². The van der Waals surface area contributed by atoms with Crippen LogP contribution in [0.2, 0.25) is 0 Å². The van der Waals surface area contributed by atoms with Crippen LogP contribution in [0, 0.1) is 0 Å². The lowest BCUT2D eigenvalue weighted by Crippen LogP contribution is -2.42. The quantitative estimate of drug-likeness (QED) is 0.726. The number of carbonyl (C=O) groups is 1. The summed E-state index contributed by atoms with van der Waals surface area (Å²) >= 11 is 0. The number of tetrazole rings is 1. The number of hydrogen-bond acceptors (Lipinski definition) is 7. The van der Waals surface area contributed by atoms with Gasteiger partial charge in [-0.2, -0.15) is 9.95 Å². The van der Waals surface area contributed by atoms with Crippen molar-refractivity contribution in [3.63, 3.8) is 0 Å². The van der Waals surface area contributed by atoms with E-state index in [0.717, 1.165) is 6.07 Å². The monoisotopic (exact) mass is 280 g/mol. The molecule has 1 aliphatic heterocycles. The van der Waals surface area contributed by atoms with Crippen LogP contribution in [0.15, 0.2) is 15.4 Å². The van der Waals surface area contributed by atoms with E-state index in [4.69, 9.17) is 9.26 Å². The molecule has 1 N–H and O–H groups in total. The summed E-state index contributed by atoms with van der Waals surface area (Å²) in [6, 6.07) is 1.12. The van der Waals surface area contributed by atoms with Gasteiger partial charge < -0.3 is 14.2 Å². The average Bonchev–Trinajstić information content (AvgIpc) is 3.07. The number of rotatable bonds is 2. The molecule has 0 aromatic carbocycles. The molecular formula is C10H12N6O4. The number of aromatic nitrogens is 5. The Balaban J connectivity index is 1.75. The zero-order chi connectivity index (χ0) is 14.1. The Hall–Kier alpha value is -2.49. The highest BCUT2D eigenvalue weighted by Gasteiger charge is 2.30. The molecule has 0 radical (unpaired) electrons. The molecule has 0 bridgehead atoms. The van der Waals surface area contributed by atoms with Crippen molar-refractivity contribution in [2.24, 2.45) is 7.05 Å². The smallest absolute Gasteiger partial charge is 0.292 e. The van der Waals surface area contributed by atoms with E-state index in [1.807, 2.05) is 0 Å². The van der Waals surface area contributed by atoms with Crippen molar-refractivity contribution in [3.8, 4) is 0 Å². The summed E-state index contributed by atoms with van der Waals surface area (Å²) in [7, 11) is 1.65. The first kappa shape index (κ1) is 12.5. The topological polar surface area (TPSA) is 119 Å². The Bertz CT molecular complexity index is 673. The Morgan fingerprint density at radius 3 is 3.05 bits per heavy atom. The molecule has 0 saturated carbocycles. The van der Waals surface area contributed by atoms with Crippen LogP contribution in [0.25, 0.3) is 0 Å². The lowest BCUT2D eigenvalue weighted by Gasteiger charge is -2.30. The fourth-order valence-corrected chi connectivity index (χ4v) is 1.96. The van der Waals surface area contributed by atoms with Crippen LogP contribution in [-0.4, -0.2) is 55.9 Å². The molecule has 3 rings (SSSR count). The zero-order valence-electron chi connectivity index (χ0n) is 10.6. The van der Waals surface area contributed by atoms with Gasteiger partial charge in [0.1, 0.15) is 6.10 Å². The third-order valence-corrected chi connectivity index (χ3v) is 2.90. The highest BCUT2D eigenvalue weighted by Crippen LogP contribution is 2.19. The first-order valence-electron chi connectivity index (χ1n) is 5.97. The van der Waals surface area contributed by atoms with E-state index >= 15 is 0 Å². The number of ether oxygens (including phenoxy) is 1. The number of morpholine rings is 1. The standard InChI is InChI=1S/C10H12N6O4/c1-15-12-9(11-14-15)7-5-16(2-3-19-7)10(18)6-4-8(17)13-20-6/h4,7H,2-3,5H2,1H3,(H,13,17). The molecule has 2 aromatic heterocycles. The molecule has 3 heterocycles. The number of aryl methyl sites for hydroxylation is 1. The molecule has 0 spiro atoms. The first-order valence-corrected chi connectivity index (χ1v) is 5.97. The van der Waals surface area contributed by atoms with E-state index in [2.05, 4.69) is 20.6 Å². The highest BCUT2D eigenvalue weighted by molar-refractivity contribution is 5.91. The summed E-state index contributed by atoms with van der Waals surface area (Å²) in [5, 5.41) is 13.7. The minimum absolute atomic E-state index is 0.0252. The lowest BCUT2D eigenvalue weighted by atomic mass is 10.2. The number of aromatic amines is 1. The van der Waals surface area contributed by atoms with Gasteiger partial charge in [-0.25, -0.2) is 0 Å². The van der Waals surface area contributed by atoms with E-state index in [-0.39, 0.29) is 18.2 Å². The molecule has 1 atom stereocenters. The van der Waals surface area contributed by atoms with E-state index in [0.29, 0.717) is 19.0 Å². The summed E-state index contributed by atoms with van der Waals surface area (Å²) in [5.41, 5.74) is -0.450. The van der Waals surface area contributed by atoms with Gasteiger partial charge in [-0.3, -0.25) is 9.59 Å². The fraction of sp³-hybridized carbons (Fsp3) is 0.500. The summed E-state index contributed by atoms with van der Waals surface area (Å²) < 4.78 is 10.3. The van der Waals surface area contributed by atoms with Crippen LogP contribution in [0.5, 0.6) is 0 Å². The summed E-state index contributed by atoms with van der Waals surface area (Å²) in [6.45, 7) is 1.03.